The Morgan fingerprint density at radius 3 is 2.50 bits per heavy atom. The van der Waals surface area contributed by atoms with Crippen molar-refractivity contribution in [3.63, 3.8) is 0 Å². The zero-order valence-corrected chi connectivity index (χ0v) is 11.2. The number of nitrogens with zero attached hydrogens (tertiary/aromatic N) is 1. The third-order valence-corrected chi connectivity index (χ3v) is 2.23. The van der Waals surface area contributed by atoms with E-state index in [2.05, 4.69) is 28.1 Å². The molecule has 0 unspecified atom stereocenters. The second kappa shape index (κ2) is 8.34. The molecule has 0 saturated heterocycles. The molecule has 3 nitrogen and oxygen atoms in total. The molecule has 0 atom stereocenters. The molecule has 0 amide bonds. The van der Waals surface area contributed by atoms with E-state index in [1.165, 1.54) is 12.8 Å². The van der Waals surface area contributed by atoms with Crippen molar-refractivity contribution in [2.45, 2.75) is 32.6 Å². The van der Waals surface area contributed by atoms with Gasteiger partial charge in [-0.2, -0.15) is 0 Å². The highest BCUT2D eigenvalue weighted by molar-refractivity contribution is 5.81. The van der Waals surface area contributed by atoms with E-state index in [-0.39, 0.29) is 5.97 Å². The molecular formula is C13H26NO2+. The average molecular weight is 228 g/mol. The van der Waals surface area contributed by atoms with Crippen LogP contribution in [0.2, 0.25) is 0 Å². The molecule has 0 spiro atoms. The number of allylic oxidation sites excluding steroid dienone is 1. The minimum absolute atomic E-state index is 0.218. The molecule has 0 bridgehead atoms. The maximum Gasteiger partial charge on any atom is 0.330 e. The van der Waals surface area contributed by atoms with Gasteiger partial charge in [0.1, 0.15) is 13.2 Å². The summed E-state index contributed by atoms with van der Waals surface area (Å²) in [5, 5.41) is 0. The maximum absolute atomic E-state index is 11.2. The van der Waals surface area contributed by atoms with Crippen LogP contribution >= 0.6 is 0 Å². The van der Waals surface area contributed by atoms with E-state index >= 15 is 0 Å². The Kier molecular flexibility index (Phi) is 7.90. The van der Waals surface area contributed by atoms with E-state index in [1.807, 2.05) is 6.08 Å². The number of carbonyl (C=O) groups excluding carboxylic acids is 1. The number of likely N-dealkylation sites (N-methyl/N-ethyl adjacent to an activating group) is 1. The number of carbonyl (C=O) groups is 1. The van der Waals surface area contributed by atoms with E-state index in [9.17, 15) is 4.79 Å². The molecule has 0 aromatic rings. The van der Waals surface area contributed by atoms with Gasteiger partial charge in [0, 0.05) is 6.08 Å². The number of unbranched alkanes of at least 4 members (excludes halogenated alkanes) is 3. The molecule has 3 heteroatoms. The predicted molar refractivity (Wildman–Crippen MR) is 67.1 cm³/mol. The van der Waals surface area contributed by atoms with Crippen LogP contribution in [0.1, 0.15) is 32.6 Å². The summed E-state index contributed by atoms with van der Waals surface area (Å²) in [7, 11) is 6.23. The lowest BCUT2D eigenvalue weighted by molar-refractivity contribution is -0.870. The van der Waals surface area contributed by atoms with Crippen molar-refractivity contribution in [3.05, 3.63) is 12.2 Å². The summed E-state index contributed by atoms with van der Waals surface area (Å²) in [6.45, 7) is 3.50. The largest absolute Gasteiger partial charge is 0.457 e. The monoisotopic (exact) mass is 228 g/mol. The van der Waals surface area contributed by atoms with Crippen molar-refractivity contribution >= 4 is 5.97 Å². The maximum atomic E-state index is 11.2. The SMILES string of the molecule is CCCCCC=CC(=O)OCC[N+](C)(C)C. The molecular weight excluding hydrogens is 202 g/mol. The van der Waals surface area contributed by atoms with Crippen LogP contribution in [0, 0.1) is 0 Å². The number of esters is 1. The molecule has 0 fully saturated rings. The van der Waals surface area contributed by atoms with Crippen LogP contribution in [0.25, 0.3) is 0 Å². The van der Waals surface area contributed by atoms with Gasteiger partial charge in [-0.3, -0.25) is 0 Å². The number of quaternary nitrogens is 1. The Morgan fingerprint density at radius 1 is 1.25 bits per heavy atom. The van der Waals surface area contributed by atoms with Gasteiger partial charge in [-0.25, -0.2) is 4.79 Å². The molecule has 0 aliphatic heterocycles. The minimum atomic E-state index is -0.218. The van der Waals surface area contributed by atoms with Gasteiger partial charge in [-0.15, -0.1) is 0 Å². The summed E-state index contributed by atoms with van der Waals surface area (Å²) >= 11 is 0. The highest BCUT2D eigenvalue weighted by atomic mass is 16.5. The van der Waals surface area contributed by atoms with Gasteiger partial charge in [0.25, 0.3) is 0 Å². The van der Waals surface area contributed by atoms with Crippen LogP contribution in [-0.4, -0.2) is 44.7 Å². The first-order valence-corrected chi connectivity index (χ1v) is 6.09. The van der Waals surface area contributed by atoms with E-state index < -0.39 is 0 Å². The van der Waals surface area contributed by atoms with Crippen molar-refractivity contribution in [1.29, 1.82) is 0 Å². The molecule has 0 aromatic carbocycles. The first-order chi connectivity index (χ1) is 7.45. The van der Waals surface area contributed by atoms with Gasteiger partial charge >= 0.3 is 5.97 Å². The molecule has 16 heavy (non-hydrogen) atoms. The van der Waals surface area contributed by atoms with Crippen LogP contribution in [0.3, 0.4) is 0 Å². The van der Waals surface area contributed by atoms with Gasteiger partial charge in [0.2, 0.25) is 0 Å². The summed E-state index contributed by atoms with van der Waals surface area (Å²) in [6.07, 6.45) is 8.01. The van der Waals surface area contributed by atoms with Crippen LogP contribution < -0.4 is 0 Å². The van der Waals surface area contributed by atoms with Gasteiger partial charge < -0.3 is 9.22 Å². The lowest BCUT2D eigenvalue weighted by Gasteiger charge is -2.23. The molecule has 0 radical (unpaired) electrons. The van der Waals surface area contributed by atoms with Crippen LogP contribution in [-0.2, 0) is 9.53 Å². The summed E-state index contributed by atoms with van der Waals surface area (Å²) in [5.74, 6) is -0.218. The third-order valence-electron chi connectivity index (χ3n) is 2.23. The van der Waals surface area contributed by atoms with Gasteiger partial charge in [-0.05, 0) is 12.8 Å². The molecule has 0 aromatic heterocycles. The smallest absolute Gasteiger partial charge is 0.330 e. The molecule has 0 heterocycles. The second-order valence-electron chi connectivity index (χ2n) is 5.08. The Labute approximate surface area is 99.7 Å². The number of ether oxygens (including phenoxy) is 1. The van der Waals surface area contributed by atoms with Crippen LogP contribution in [0.15, 0.2) is 12.2 Å². The topological polar surface area (TPSA) is 26.3 Å². The van der Waals surface area contributed by atoms with E-state index in [0.717, 1.165) is 23.9 Å². The quantitative estimate of drug-likeness (QED) is 0.276. The van der Waals surface area contributed by atoms with Gasteiger partial charge in [-0.1, -0.05) is 25.8 Å². The van der Waals surface area contributed by atoms with Crippen molar-refractivity contribution in [2.75, 3.05) is 34.3 Å². The van der Waals surface area contributed by atoms with Crippen LogP contribution in [0.4, 0.5) is 0 Å². The summed E-state index contributed by atoms with van der Waals surface area (Å²) < 4.78 is 5.90. The fourth-order valence-corrected chi connectivity index (χ4v) is 1.16. The van der Waals surface area contributed by atoms with Gasteiger partial charge in [0.05, 0.1) is 21.1 Å². The zero-order chi connectivity index (χ0) is 12.4. The van der Waals surface area contributed by atoms with E-state index in [0.29, 0.717) is 6.61 Å². The lowest BCUT2D eigenvalue weighted by Crippen LogP contribution is -2.37. The Bertz CT molecular complexity index is 216. The standard InChI is InChI=1S/C13H26NO2/c1-5-6-7-8-9-10-13(15)16-12-11-14(2,3)4/h9-10H,5-8,11-12H2,1-4H3/q+1. The first kappa shape index (κ1) is 15.2. The van der Waals surface area contributed by atoms with Crippen molar-refractivity contribution in [2.24, 2.45) is 0 Å². The lowest BCUT2D eigenvalue weighted by atomic mass is 10.2. The highest BCUT2D eigenvalue weighted by Gasteiger charge is 2.07. The number of hydrogen-bond acceptors (Lipinski definition) is 2. The number of rotatable bonds is 8. The second-order valence-corrected chi connectivity index (χ2v) is 5.08. The van der Waals surface area contributed by atoms with E-state index in [4.69, 9.17) is 4.74 Å². The average Bonchev–Trinajstić information content (AvgIpc) is 2.15. The van der Waals surface area contributed by atoms with Crippen molar-refractivity contribution < 1.29 is 14.0 Å². The van der Waals surface area contributed by atoms with E-state index in [1.54, 1.807) is 6.08 Å². The predicted octanol–water partition coefficient (Wildman–Crippen LogP) is 2.37. The van der Waals surface area contributed by atoms with Gasteiger partial charge in [0.15, 0.2) is 0 Å². The molecule has 0 saturated carbocycles. The fourth-order valence-electron chi connectivity index (χ4n) is 1.16. The molecule has 94 valence electrons. The summed E-state index contributed by atoms with van der Waals surface area (Å²) in [5.41, 5.74) is 0. The normalized spacial score (nSPS) is 12.0. The first-order valence-electron chi connectivity index (χ1n) is 6.09. The zero-order valence-electron chi connectivity index (χ0n) is 11.2. The van der Waals surface area contributed by atoms with Crippen molar-refractivity contribution in [1.82, 2.24) is 0 Å². The fraction of sp³-hybridized carbons (Fsp3) is 0.769. The molecule has 0 aliphatic carbocycles. The number of hydrogen-bond donors (Lipinski definition) is 0. The third kappa shape index (κ3) is 11.2. The van der Waals surface area contributed by atoms with Crippen molar-refractivity contribution in [3.8, 4) is 0 Å². The minimum Gasteiger partial charge on any atom is -0.457 e. The summed E-state index contributed by atoms with van der Waals surface area (Å²) in [6, 6.07) is 0. The van der Waals surface area contributed by atoms with Crippen LogP contribution in [0.5, 0.6) is 0 Å². The molecule has 0 aliphatic rings. The Hall–Kier alpha value is -0.830. The Balaban J connectivity index is 3.51. The molecule has 0 rings (SSSR count). The molecule has 0 N–H and O–H groups in total. The Morgan fingerprint density at radius 2 is 1.94 bits per heavy atom. The summed E-state index contributed by atoms with van der Waals surface area (Å²) in [4.78, 5) is 11.2. The highest BCUT2D eigenvalue weighted by Crippen LogP contribution is 1.99.